The molecule has 0 radical (unpaired) electrons. The molecule has 15 heavy (non-hydrogen) atoms. The molecule has 0 amide bonds. The van der Waals surface area contributed by atoms with Crippen LogP contribution in [0.2, 0.25) is 0 Å². The van der Waals surface area contributed by atoms with E-state index >= 15 is 0 Å². The summed E-state index contributed by atoms with van der Waals surface area (Å²) in [7, 11) is 0. The average Bonchev–Trinajstić information content (AvgIpc) is 2.97. The maximum atomic E-state index is 11.1. The average molecular weight is 215 g/mol. The molecule has 0 aromatic rings. The second-order valence-corrected chi connectivity index (χ2v) is 4.34. The van der Waals surface area contributed by atoms with Gasteiger partial charge in [0.25, 0.3) is 0 Å². The summed E-state index contributed by atoms with van der Waals surface area (Å²) in [4.78, 5) is 11.1. The third-order valence-electron chi connectivity index (χ3n) is 2.05. The van der Waals surface area contributed by atoms with Gasteiger partial charge in [0.1, 0.15) is 6.61 Å². The van der Waals surface area contributed by atoms with Crippen LogP contribution >= 0.6 is 0 Å². The van der Waals surface area contributed by atoms with Crippen LogP contribution in [0.15, 0.2) is 0 Å². The number of carbonyl (C=O) groups excluding carboxylic acids is 1. The highest BCUT2D eigenvalue weighted by molar-refractivity contribution is 5.71. The zero-order valence-corrected chi connectivity index (χ0v) is 9.62. The van der Waals surface area contributed by atoms with Crippen molar-refractivity contribution >= 4 is 5.97 Å². The first-order valence-corrected chi connectivity index (χ1v) is 5.65. The van der Waals surface area contributed by atoms with Crippen LogP contribution in [0.4, 0.5) is 0 Å². The molecule has 0 aromatic heterocycles. The Bertz CT molecular complexity index is 190. The van der Waals surface area contributed by atoms with Crippen molar-refractivity contribution in [2.75, 3.05) is 26.4 Å². The summed E-state index contributed by atoms with van der Waals surface area (Å²) >= 11 is 0. The fourth-order valence-corrected chi connectivity index (χ4v) is 1.10. The summed E-state index contributed by atoms with van der Waals surface area (Å²) in [6.07, 6.45) is 2.37. The second kappa shape index (κ2) is 6.80. The topological polar surface area (TPSA) is 47.6 Å². The Hall–Kier alpha value is -0.610. The van der Waals surface area contributed by atoms with Crippen molar-refractivity contribution in [2.45, 2.75) is 32.7 Å². The lowest BCUT2D eigenvalue weighted by molar-refractivity contribution is -0.144. The predicted molar refractivity (Wildman–Crippen MR) is 57.6 cm³/mol. The van der Waals surface area contributed by atoms with E-state index in [9.17, 15) is 4.79 Å². The van der Waals surface area contributed by atoms with Gasteiger partial charge in [0, 0.05) is 12.6 Å². The largest absolute Gasteiger partial charge is 0.462 e. The van der Waals surface area contributed by atoms with Crippen LogP contribution in [0, 0.1) is 5.92 Å². The minimum Gasteiger partial charge on any atom is -0.462 e. The first kappa shape index (κ1) is 12.5. The Labute approximate surface area is 91.3 Å². The van der Waals surface area contributed by atoms with Crippen LogP contribution in [-0.2, 0) is 14.3 Å². The van der Waals surface area contributed by atoms with E-state index in [-0.39, 0.29) is 5.97 Å². The minimum atomic E-state index is -0.185. The van der Waals surface area contributed by atoms with Gasteiger partial charge >= 0.3 is 5.97 Å². The number of nitrogens with one attached hydrogen (secondary N) is 1. The van der Waals surface area contributed by atoms with Crippen molar-refractivity contribution in [3.05, 3.63) is 0 Å². The molecule has 0 atom stereocenters. The monoisotopic (exact) mass is 215 g/mol. The van der Waals surface area contributed by atoms with Gasteiger partial charge < -0.3 is 14.8 Å². The third-order valence-corrected chi connectivity index (χ3v) is 2.05. The molecule has 0 unspecified atom stereocenters. The van der Waals surface area contributed by atoms with Crippen LogP contribution in [0.5, 0.6) is 0 Å². The molecule has 1 rings (SSSR count). The highest BCUT2D eigenvalue weighted by Crippen LogP contribution is 2.17. The van der Waals surface area contributed by atoms with E-state index in [2.05, 4.69) is 19.2 Å². The molecule has 1 aliphatic carbocycles. The van der Waals surface area contributed by atoms with E-state index < -0.39 is 0 Å². The predicted octanol–water partition coefficient (Wildman–Crippen LogP) is 0.954. The molecule has 1 saturated carbocycles. The Morgan fingerprint density at radius 2 is 2.13 bits per heavy atom. The van der Waals surface area contributed by atoms with Gasteiger partial charge in [-0.25, -0.2) is 0 Å². The van der Waals surface area contributed by atoms with Gasteiger partial charge in [0.05, 0.1) is 13.2 Å². The molecule has 1 N–H and O–H groups in total. The van der Waals surface area contributed by atoms with Crippen molar-refractivity contribution < 1.29 is 14.3 Å². The van der Waals surface area contributed by atoms with Gasteiger partial charge in [-0.05, 0) is 18.8 Å². The SMILES string of the molecule is CC(C)COCCOC(=O)CNC1CC1. The number of rotatable bonds is 8. The summed E-state index contributed by atoms with van der Waals surface area (Å²) < 4.78 is 10.3. The molecule has 0 spiro atoms. The second-order valence-electron chi connectivity index (χ2n) is 4.34. The summed E-state index contributed by atoms with van der Waals surface area (Å²) in [6.45, 7) is 6.08. The van der Waals surface area contributed by atoms with E-state index in [0.717, 1.165) is 6.61 Å². The molecule has 88 valence electrons. The van der Waals surface area contributed by atoms with Crippen molar-refractivity contribution in [1.29, 1.82) is 0 Å². The highest BCUT2D eigenvalue weighted by atomic mass is 16.6. The maximum Gasteiger partial charge on any atom is 0.320 e. The Kier molecular flexibility index (Phi) is 5.65. The number of ether oxygens (including phenoxy) is 2. The fourth-order valence-electron chi connectivity index (χ4n) is 1.10. The van der Waals surface area contributed by atoms with Crippen molar-refractivity contribution in [2.24, 2.45) is 5.92 Å². The summed E-state index contributed by atoms with van der Waals surface area (Å²) in [5.74, 6) is 0.340. The molecule has 0 aromatic carbocycles. The van der Waals surface area contributed by atoms with Crippen LogP contribution in [0.25, 0.3) is 0 Å². The quantitative estimate of drug-likeness (QED) is 0.484. The normalized spacial score (nSPS) is 15.7. The Morgan fingerprint density at radius 1 is 1.40 bits per heavy atom. The van der Waals surface area contributed by atoms with E-state index in [1.54, 1.807) is 0 Å². The van der Waals surface area contributed by atoms with Gasteiger partial charge in [-0.2, -0.15) is 0 Å². The Morgan fingerprint density at radius 3 is 2.73 bits per heavy atom. The van der Waals surface area contributed by atoms with Gasteiger partial charge in [-0.1, -0.05) is 13.8 Å². The molecular weight excluding hydrogens is 194 g/mol. The first-order valence-electron chi connectivity index (χ1n) is 5.65. The maximum absolute atomic E-state index is 11.1. The lowest BCUT2D eigenvalue weighted by Gasteiger charge is -2.07. The number of esters is 1. The van der Waals surface area contributed by atoms with Gasteiger partial charge in [-0.15, -0.1) is 0 Å². The zero-order chi connectivity index (χ0) is 11.1. The zero-order valence-electron chi connectivity index (χ0n) is 9.62. The van der Waals surface area contributed by atoms with E-state index in [1.807, 2.05) is 0 Å². The molecule has 1 fully saturated rings. The lowest BCUT2D eigenvalue weighted by atomic mass is 10.2. The van der Waals surface area contributed by atoms with Gasteiger partial charge in [-0.3, -0.25) is 4.79 Å². The van der Waals surface area contributed by atoms with Crippen molar-refractivity contribution in [3.8, 4) is 0 Å². The summed E-state index contributed by atoms with van der Waals surface area (Å²) in [6, 6.07) is 0.551. The number of hydrogen-bond donors (Lipinski definition) is 1. The standard InChI is InChI=1S/C11H21NO3/c1-9(2)8-14-5-6-15-11(13)7-12-10-3-4-10/h9-10,12H,3-8H2,1-2H3. The molecule has 0 saturated heterocycles. The van der Waals surface area contributed by atoms with Crippen molar-refractivity contribution in [1.82, 2.24) is 5.32 Å². The van der Waals surface area contributed by atoms with Crippen LogP contribution in [0.1, 0.15) is 26.7 Å². The van der Waals surface area contributed by atoms with Gasteiger partial charge in [0.2, 0.25) is 0 Å². The van der Waals surface area contributed by atoms with Crippen LogP contribution in [0.3, 0.4) is 0 Å². The summed E-state index contributed by atoms with van der Waals surface area (Å²) in [5.41, 5.74) is 0. The van der Waals surface area contributed by atoms with Crippen molar-refractivity contribution in [3.63, 3.8) is 0 Å². The highest BCUT2D eigenvalue weighted by Gasteiger charge is 2.21. The van der Waals surface area contributed by atoms with Crippen LogP contribution in [-0.4, -0.2) is 38.4 Å². The summed E-state index contributed by atoms with van der Waals surface area (Å²) in [5, 5.41) is 3.10. The number of carbonyl (C=O) groups is 1. The van der Waals surface area contributed by atoms with E-state index in [4.69, 9.17) is 9.47 Å². The molecule has 1 aliphatic rings. The molecular formula is C11H21NO3. The molecule has 4 nitrogen and oxygen atoms in total. The van der Waals surface area contributed by atoms with Crippen LogP contribution < -0.4 is 5.32 Å². The molecule has 0 bridgehead atoms. The molecule has 4 heteroatoms. The fraction of sp³-hybridized carbons (Fsp3) is 0.909. The molecule has 0 aliphatic heterocycles. The molecule has 0 heterocycles. The smallest absolute Gasteiger partial charge is 0.320 e. The lowest BCUT2D eigenvalue weighted by Crippen LogP contribution is -2.27. The Balaban J connectivity index is 1.83. The number of hydrogen-bond acceptors (Lipinski definition) is 4. The first-order chi connectivity index (χ1) is 7.18. The van der Waals surface area contributed by atoms with Gasteiger partial charge in [0.15, 0.2) is 0 Å². The third kappa shape index (κ3) is 7.33. The van der Waals surface area contributed by atoms with E-state index in [1.165, 1.54) is 12.8 Å². The van der Waals surface area contributed by atoms with E-state index in [0.29, 0.717) is 31.7 Å². The minimum absolute atomic E-state index is 0.185.